The summed E-state index contributed by atoms with van der Waals surface area (Å²) >= 11 is 14.0. The number of nitrogens with zero attached hydrogens (tertiary/aromatic N) is 1. The monoisotopic (exact) mass is 388 g/mol. The van der Waals surface area contributed by atoms with Gasteiger partial charge in [-0.1, -0.05) is 23.8 Å². The van der Waals surface area contributed by atoms with Gasteiger partial charge in [0.15, 0.2) is 0 Å². The van der Waals surface area contributed by atoms with Gasteiger partial charge in [0.05, 0.1) is 15.1 Å². The molecular formula is C14H11BrClFN2OS. The molecule has 0 spiro atoms. The number of nitrogens with two attached hydrogens (primary N) is 1. The lowest BCUT2D eigenvalue weighted by atomic mass is 10.1. The fraction of sp³-hybridized carbons (Fsp3) is 0.143. The molecule has 1 aromatic carbocycles. The second kappa shape index (κ2) is 6.25. The van der Waals surface area contributed by atoms with Crippen LogP contribution < -0.4 is 10.5 Å². The van der Waals surface area contributed by atoms with Crippen molar-refractivity contribution in [1.29, 1.82) is 0 Å². The molecule has 2 aromatic rings. The highest BCUT2D eigenvalue weighted by atomic mass is 79.9. The van der Waals surface area contributed by atoms with Crippen LogP contribution in [0, 0.1) is 19.7 Å². The Kier molecular flexibility index (Phi) is 4.81. The predicted molar refractivity (Wildman–Crippen MR) is 88.8 cm³/mol. The van der Waals surface area contributed by atoms with E-state index in [9.17, 15) is 4.39 Å². The molecule has 0 fully saturated rings. The topological polar surface area (TPSA) is 48.1 Å². The number of pyridine rings is 1. The van der Waals surface area contributed by atoms with Crippen LogP contribution in [0.3, 0.4) is 0 Å². The maximum Gasteiger partial charge on any atom is 0.230 e. The zero-order valence-electron chi connectivity index (χ0n) is 11.2. The maximum absolute atomic E-state index is 13.6. The van der Waals surface area contributed by atoms with Gasteiger partial charge in [-0.2, -0.15) is 0 Å². The molecule has 2 N–H and O–H groups in total. The average molecular weight is 390 g/mol. The first-order valence-electron chi connectivity index (χ1n) is 5.90. The van der Waals surface area contributed by atoms with E-state index >= 15 is 0 Å². The number of ether oxygens (including phenoxy) is 1. The molecule has 0 amide bonds. The first-order chi connectivity index (χ1) is 9.79. The number of rotatable bonds is 3. The van der Waals surface area contributed by atoms with Crippen LogP contribution in [-0.4, -0.2) is 9.97 Å². The predicted octanol–water partition coefficient (Wildman–Crippen LogP) is 4.68. The highest BCUT2D eigenvalue weighted by molar-refractivity contribution is 9.10. The molecular weight excluding hydrogens is 379 g/mol. The molecule has 1 aromatic heterocycles. The molecule has 3 nitrogen and oxygen atoms in total. The molecule has 0 aliphatic carbocycles. The van der Waals surface area contributed by atoms with E-state index in [0.29, 0.717) is 10.0 Å². The molecule has 1 heterocycles. The molecule has 0 saturated heterocycles. The van der Waals surface area contributed by atoms with E-state index < -0.39 is 5.82 Å². The van der Waals surface area contributed by atoms with E-state index in [-0.39, 0.29) is 21.6 Å². The van der Waals surface area contributed by atoms with Crippen molar-refractivity contribution in [1.82, 2.24) is 4.98 Å². The number of hydrogen-bond donors (Lipinski definition) is 1. The Hall–Kier alpha value is -1.24. The third-order valence-electron chi connectivity index (χ3n) is 2.74. The summed E-state index contributed by atoms with van der Waals surface area (Å²) in [7, 11) is 0. The van der Waals surface area contributed by atoms with Crippen molar-refractivity contribution in [2.45, 2.75) is 13.8 Å². The summed E-state index contributed by atoms with van der Waals surface area (Å²) < 4.78 is 19.8. The molecule has 0 aliphatic heterocycles. The zero-order valence-corrected chi connectivity index (χ0v) is 14.4. The highest BCUT2D eigenvalue weighted by Gasteiger charge is 2.16. The quantitative estimate of drug-likeness (QED) is 0.611. The summed E-state index contributed by atoms with van der Waals surface area (Å²) in [4.78, 5) is 4.44. The highest BCUT2D eigenvalue weighted by Crippen LogP contribution is 2.35. The van der Waals surface area contributed by atoms with Crippen LogP contribution in [0.1, 0.15) is 16.8 Å². The summed E-state index contributed by atoms with van der Waals surface area (Å²) in [5.41, 5.74) is 7.83. The lowest BCUT2D eigenvalue weighted by Crippen LogP contribution is -2.14. The number of halogens is 3. The van der Waals surface area contributed by atoms with Gasteiger partial charge in [0.1, 0.15) is 16.6 Å². The van der Waals surface area contributed by atoms with Crippen molar-refractivity contribution in [3.63, 3.8) is 0 Å². The number of aryl methyl sites for hydroxylation is 2. The fourth-order valence-electron chi connectivity index (χ4n) is 1.86. The zero-order chi connectivity index (χ0) is 15.7. The second-order valence-electron chi connectivity index (χ2n) is 4.42. The van der Waals surface area contributed by atoms with E-state index in [2.05, 4.69) is 20.9 Å². The van der Waals surface area contributed by atoms with Crippen LogP contribution in [-0.2, 0) is 0 Å². The Morgan fingerprint density at radius 3 is 2.67 bits per heavy atom. The second-order valence-corrected chi connectivity index (χ2v) is 6.13. The summed E-state index contributed by atoms with van der Waals surface area (Å²) in [6.07, 6.45) is 0. The first-order valence-corrected chi connectivity index (χ1v) is 7.48. The van der Waals surface area contributed by atoms with Crippen LogP contribution in [0.5, 0.6) is 11.6 Å². The van der Waals surface area contributed by atoms with Gasteiger partial charge >= 0.3 is 0 Å². The van der Waals surface area contributed by atoms with Gasteiger partial charge in [0, 0.05) is 11.8 Å². The van der Waals surface area contributed by atoms with Gasteiger partial charge in [-0.05, 0) is 47.5 Å². The third-order valence-corrected chi connectivity index (χ3v) is 3.85. The molecule has 7 heteroatoms. The summed E-state index contributed by atoms with van der Waals surface area (Å²) in [6, 6.07) is 4.43. The smallest absolute Gasteiger partial charge is 0.230 e. The summed E-state index contributed by atoms with van der Waals surface area (Å²) in [5.74, 6) is -0.106. The summed E-state index contributed by atoms with van der Waals surface area (Å²) in [6.45, 7) is 3.67. The van der Waals surface area contributed by atoms with E-state index in [1.807, 2.05) is 19.9 Å². The first kappa shape index (κ1) is 16.1. The van der Waals surface area contributed by atoms with Gasteiger partial charge in [-0.25, -0.2) is 9.37 Å². The van der Waals surface area contributed by atoms with Crippen molar-refractivity contribution < 1.29 is 9.13 Å². The minimum absolute atomic E-state index is 0.00261. The Labute approximate surface area is 140 Å². The molecule has 0 bridgehead atoms. The Bertz CT molecular complexity index is 739. The van der Waals surface area contributed by atoms with Gasteiger partial charge in [-0.15, -0.1) is 0 Å². The van der Waals surface area contributed by atoms with Crippen molar-refractivity contribution in [2.24, 2.45) is 5.73 Å². The Morgan fingerprint density at radius 2 is 2.05 bits per heavy atom. The van der Waals surface area contributed by atoms with Crippen LogP contribution in [0.25, 0.3) is 0 Å². The van der Waals surface area contributed by atoms with Crippen LogP contribution in [0.15, 0.2) is 22.7 Å². The average Bonchev–Trinajstić information content (AvgIpc) is 2.34. The lowest BCUT2D eigenvalue weighted by molar-refractivity contribution is 0.452. The van der Waals surface area contributed by atoms with Crippen LogP contribution in [0.4, 0.5) is 4.39 Å². The van der Waals surface area contributed by atoms with E-state index in [1.54, 1.807) is 0 Å². The molecule has 0 radical (unpaired) electrons. The van der Waals surface area contributed by atoms with Gasteiger partial charge in [0.25, 0.3) is 0 Å². The van der Waals surface area contributed by atoms with E-state index in [1.165, 1.54) is 12.1 Å². The van der Waals surface area contributed by atoms with Gasteiger partial charge in [0.2, 0.25) is 5.88 Å². The van der Waals surface area contributed by atoms with Crippen molar-refractivity contribution in [3.05, 3.63) is 50.3 Å². The number of thiocarbonyl (C=S) groups is 1. The molecule has 0 aliphatic rings. The van der Waals surface area contributed by atoms with E-state index in [4.69, 9.17) is 34.3 Å². The van der Waals surface area contributed by atoms with Gasteiger partial charge in [-0.3, -0.25) is 0 Å². The van der Waals surface area contributed by atoms with Crippen molar-refractivity contribution >= 4 is 44.7 Å². The third kappa shape index (κ3) is 3.51. The normalized spacial score (nSPS) is 10.5. The molecule has 0 atom stereocenters. The largest absolute Gasteiger partial charge is 0.437 e. The van der Waals surface area contributed by atoms with Crippen molar-refractivity contribution in [2.75, 3.05) is 0 Å². The van der Waals surface area contributed by atoms with Crippen LogP contribution >= 0.6 is 39.7 Å². The van der Waals surface area contributed by atoms with E-state index in [0.717, 1.165) is 11.3 Å². The SMILES string of the molecule is Cc1cc(C)c(C(N)=S)c(Oc2cc(F)c(Cl)cc2Br)n1. The fourth-order valence-corrected chi connectivity index (χ4v) is 2.83. The number of aromatic nitrogens is 1. The summed E-state index contributed by atoms with van der Waals surface area (Å²) in [5, 5.41) is -0.00261. The molecule has 0 saturated carbocycles. The van der Waals surface area contributed by atoms with Crippen molar-refractivity contribution in [3.8, 4) is 11.6 Å². The standard InChI is InChI=1S/C14H11BrClFN2OS/c1-6-3-7(2)19-14(12(6)13(18)21)20-11-5-10(17)9(16)4-8(11)15/h3-5H,1-2H3,(H2,18,21). The molecule has 110 valence electrons. The number of hydrogen-bond acceptors (Lipinski definition) is 3. The maximum atomic E-state index is 13.6. The lowest BCUT2D eigenvalue weighted by Gasteiger charge is -2.14. The van der Waals surface area contributed by atoms with Crippen LogP contribution in [0.2, 0.25) is 5.02 Å². The molecule has 21 heavy (non-hydrogen) atoms. The Morgan fingerprint density at radius 1 is 1.38 bits per heavy atom. The minimum Gasteiger partial charge on any atom is -0.437 e. The minimum atomic E-state index is -0.587. The molecule has 2 rings (SSSR count). The van der Waals surface area contributed by atoms with Gasteiger partial charge < -0.3 is 10.5 Å². The Balaban J connectivity index is 2.54. The molecule has 0 unspecified atom stereocenters. The number of benzene rings is 1.